The highest BCUT2D eigenvalue weighted by Crippen LogP contribution is 2.16. The number of phenols is 1. The van der Waals surface area contributed by atoms with E-state index in [1.807, 2.05) is 18.3 Å². The molecule has 0 saturated carbocycles. The monoisotopic (exact) mass is 398 g/mol. The molecule has 8 heteroatoms. The van der Waals surface area contributed by atoms with E-state index in [0.29, 0.717) is 12.2 Å². The highest BCUT2D eigenvalue weighted by Gasteiger charge is 2.26. The number of amides is 1. The van der Waals surface area contributed by atoms with E-state index in [2.05, 4.69) is 20.1 Å². The fraction of sp³-hybridized carbons (Fsp3) is 0.381. The van der Waals surface area contributed by atoms with E-state index in [4.69, 9.17) is 0 Å². The fourth-order valence-corrected chi connectivity index (χ4v) is 3.40. The smallest absolute Gasteiger partial charge is 0.308 e. The summed E-state index contributed by atoms with van der Waals surface area (Å²) in [7, 11) is 0. The van der Waals surface area contributed by atoms with Gasteiger partial charge in [-0.1, -0.05) is 6.07 Å². The van der Waals surface area contributed by atoms with Crippen molar-refractivity contribution >= 4 is 17.6 Å². The number of carbonyl (C=O) groups is 2. The zero-order chi connectivity index (χ0) is 20.6. The predicted molar refractivity (Wildman–Crippen MR) is 108 cm³/mol. The number of nitrogens with one attached hydrogen (secondary N) is 1. The van der Waals surface area contributed by atoms with Gasteiger partial charge in [0.1, 0.15) is 5.75 Å². The quantitative estimate of drug-likeness (QED) is 0.581. The first kappa shape index (κ1) is 20.8. The molecule has 1 atom stereocenters. The van der Waals surface area contributed by atoms with Gasteiger partial charge in [-0.2, -0.15) is 0 Å². The van der Waals surface area contributed by atoms with Gasteiger partial charge >= 0.3 is 5.97 Å². The number of aromatic hydroxyl groups is 1. The van der Waals surface area contributed by atoms with Gasteiger partial charge in [-0.15, -0.1) is 0 Å². The Morgan fingerprint density at radius 3 is 2.38 bits per heavy atom. The highest BCUT2D eigenvalue weighted by molar-refractivity contribution is 5.93. The zero-order valence-electron chi connectivity index (χ0n) is 16.2. The summed E-state index contributed by atoms with van der Waals surface area (Å²) >= 11 is 0. The molecule has 3 rings (SSSR count). The molecule has 1 aromatic heterocycles. The van der Waals surface area contributed by atoms with Crippen molar-refractivity contribution in [3.8, 4) is 5.75 Å². The molecule has 2 heterocycles. The molecule has 0 radical (unpaired) electrons. The van der Waals surface area contributed by atoms with Crippen molar-refractivity contribution in [2.24, 2.45) is 5.92 Å². The van der Waals surface area contributed by atoms with Gasteiger partial charge in [0.25, 0.3) is 0 Å². The highest BCUT2D eigenvalue weighted by atomic mass is 16.4. The molecule has 1 fully saturated rings. The Kier molecular flexibility index (Phi) is 7.15. The first-order valence-corrected chi connectivity index (χ1v) is 9.65. The van der Waals surface area contributed by atoms with Gasteiger partial charge in [-0.05, 0) is 35.9 Å². The van der Waals surface area contributed by atoms with Crippen molar-refractivity contribution in [3.63, 3.8) is 0 Å². The van der Waals surface area contributed by atoms with Crippen molar-refractivity contribution in [1.29, 1.82) is 0 Å². The minimum Gasteiger partial charge on any atom is -0.508 e. The molecule has 8 nitrogen and oxygen atoms in total. The van der Waals surface area contributed by atoms with Gasteiger partial charge in [0, 0.05) is 63.8 Å². The third-order valence-electron chi connectivity index (χ3n) is 5.00. The lowest BCUT2D eigenvalue weighted by Gasteiger charge is -2.35. The maximum absolute atomic E-state index is 12.2. The van der Waals surface area contributed by atoms with E-state index in [1.54, 1.807) is 18.3 Å². The van der Waals surface area contributed by atoms with Crippen LogP contribution in [0.4, 0.5) is 5.69 Å². The number of piperazine rings is 1. The van der Waals surface area contributed by atoms with E-state index in [9.17, 15) is 19.8 Å². The van der Waals surface area contributed by atoms with Crippen LogP contribution in [-0.4, -0.2) is 69.6 Å². The standard InChI is InChI=1S/C21H26N4O4/c26-19-5-3-18(4-6-19)23-20(27)12-17(21(28)29)15-25-10-8-24(9-11-25)14-16-2-1-7-22-13-16/h1-7,13,17,26H,8-12,14-15H2,(H,23,27)(H,28,29)/t17-/m1/s1. The second-order valence-electron chi connectivity index (χ2n) is 7.27. The molecule has 1 aliphatic rings. The van der Waals surface area contributed by atoms with Gasteiger partial charge in [-0.25, -0.2) is 0 Å². The summed E-state index contributed by atoms with van der Waals surface area (Å²) in [5.41, 5.74) is 1.69. The molecule has 29 heavy (non-hydrogen) atoms. The molecule has 1 saturated heterocycles. The second-order valence-corrected chi connectivity index (χ2v) is 7.27. The number of carboxylic acid groups (broad SMARTS) is 1. The van der Waals surface area contributed by atoms with Crippen molar-refractivity contribution in [1.82, 2.24) is 14.8 Å². The lowest BCUT2D eigenvalue weighted by molar-refractivity contribution is -0.144. The van der Waals surface area contributed by atoms with Crippen LogP contribution in [0.15, 0.2) is 48.8 Å². The van der Waals surface area contributed by atoms with Crippen LogP contribution in [-0.2, 0) is 16.1 Å². The van der Waals surface area contributed by atoms with E-state index < -0.39 is 11.9 Å². The number of anilines is 1. The molecule has 0 unspecified atom stereocenters. The number of aromatic nitrogens is 1. The topological polar surface area (TPSA) is 106 Å². The SMILES string of the molecule is O=C(C[C@H](CN1CCN(Cc2cccnc2)CC1)C(=O)O)Nc1ccc(O)cc1. The number of carbonyl (C=O) groups excluding carboxylic acids is 1. The van der Waals surface area contributed by atoms with Crippen LogP contribution in [0.25, 0.3) is 0 Å². The van der Waals surface area contributed by atoms with Gasteiger partial charge in [0.15, 0.2) is 0 Å². The number of pyridine rings is 1. The van der Waals surface area contributed by atoms with Crippen molar-refractivity contribution in [2.75, 3.05) is 38.0 Å². The van der Waals surface area contributed by atoms with Gasteiger partial charge in [0.2, 0.25) is 5.91 Å². The lowest BCUT2D eigenvalue weighted by Crippen LogP contribution is -2.48. The van der Waals surface area contributed by atoms with Crippen molar-refractivity contribution in [2.45, 2.75) is 13.0 Å². The first-order valence-electron chi connectivity index (χ1n) is 9.65. The third-order valence-corrected chi connectivity index (χ3v) is 5.00. The molecule has 1 amide bonds. The molecule has 1 aliphatic heterocycles. The summed E-state index contributed by atoms with van der Waals surface area (Å²) in [4.78, 5) is 32.5. The number of hydrogen-bond donors (Lipinski definition) is 3. The van der Waals surface area contributed by atoms with Crippen molar-refractivity contribution < 1.29 is 19.8 Å². The maximum Gasteiger partial charge on any atom is 0.308 e. The predicted octanol–water partition coefficient (Wildman–Crippen LogP) is 1.63. The molecular formula is C21H26N4O4. The molecule has 1 aromatic carbocycles. The summed E-state index contributed by atoms with van der Waals surface area (Å²) in [6, 6.07) is 10.1. The molecule has 3 N–H and O–H groups in total. The number of rotatable bonds is 8. The molecule has 0 spiro atoms. The Bertz CT molecular complexity index is 805. The van der Waals surface area contributed by atoms with Crippen molar-refractivity contribution in [3.05, 3.63) is 54.4 Å². The van der Waals surface area contributed by atoms with Crippen LogP contribution in [0, 0.1) is 5.92 Å². The Morgan fingerprint density at radius 2 is 1.76 bits per heavy atom. The molecular weight excluding hydrogens is 372 g/mol. The molecule has 154 valence electrons. The lowest BCUT2D eigenvalue weighted by atomic mass is 10.0. The summed E-state index contributed by atoms with van der Waals surface area (Å²) in [6.07, 6.45) is 3.52. The first-order chi connectivity index (χ1) is 14.0. The average Bonchev–Trinajstić information content (AvgIpc) is 2.71. The Morgan fingerprint density at radius 1 is 1.07 bits per heavy atom. The number of benzene rings is 1. The normalized spacial score (nSPS) is 16.3. The molecule has 2 aromatic rings. The largest absolute Gasteiger partial charge is 0.508 e. The van der Waals surface area contributed by atoms with E-state index in [0.717, 1.165) is 38.3 Å². The maximum atomic E-state index is 12.2. The number of carboxylic acids is 1. The summed E-state index contributed by atoms with van der Waals surface area (Å²) in [6.45, 7) is 4.41. The Balaban J connectivity index is 1.46. The van der Waals surface area contributed by atoms with Crippen LogP contribution in [0.2, 0.25) is 0 Å². The number of phenolic OH excluding ortho intramolecular Hbond substituents is 1. The van der Waals surface area contributed by atoms with Crippen LogP contribution < -0.4 is 5.32 Å². The van der Waals surface area contributed by atoms with Crippen LogP contribution in [0.3, 0.4) is 0 Å². The average molecular weight is 398 g/mol. The van der Waals surface area contributed by atoms with Crippen LogP contribution >= 0.6 is 0 Å². The van der Waals surface area contributed by atoms with Gasteiger partial charge < -0.3 is 15.5 Å². The number of nitrogens with zero attached hydrogens (tertiary/aromatic N) is 3. The van der Waals surface area contributed by atoms with Crippen LogP contribution in [0.5, 0.6) is 5.75 Å². The zero-order valence-corrected chi connectivity index (χ0v) is 16.2. The van der Waals surface area contributed by atoms with E-state index in [-0.39, 0.29) is 18.1 Å². The third kappa shape index (κ3) is 6.55. The summed E-state index contributed by atoms with van der Waals surface area (Å²) in [5.74, 6) is -1.98. The Hall–Kier alpha value is -2.97. The van der Waals surface area contributed by atoms with E-state index in [1.165, 1.54) is 12.1 Å². The van der Waals surface area contributed by atoms with Gasteiger partial charge in [-0.3, -0.25) is 24.4 Å². The Labute approximate surface area is 169 Å². The minimum atomic E-state index is -0.969. The summed E-state index contributed by atoms with van der Waals surface area (Å²) in [5, 5.41) is 21.5. The van der Waals surface area contributed by atoms with Gasteiger partial charge in [0.05, 0.1) is 5.92 Å². The number of hydrogen-bond acceptors (Lipinski definition) is 6. The minimum absolute atomic E-state index is 0.0912. The number of aliphatic carboxylic acids is 1. The second kappa shape index (κ2) is 9.99. The van der Waals surface area contributed by atoms with Crippen LogP contribution in [0.1, 0.15) is 12.0 Å². The molecule has 0 bridgehead atoms. The summed E-state index contributed by atoms with van der Waals surface area (Å²) < 4.78 is 0. The fourth-order valence-electron chi connectivity index (χ4n) is 3.40. The molecule has 0 aliphatic carbocycles. The van der Waals surface area contributed by atoms with E-state index >= 15 is 0 Å².